The minimum absolute atomic E-state index is 0.152. The molecule has 7 heteroatoms. The molecule has 0 saturated heterocycles. The highest BCUT2D eigenvalue weighted by atomic mass is 35.5. The fourth-order valence-electron chi connectivity index (χ4n) is 2.71. The van der Waals surface area contributed by atoms with Crippen LogP contribution in [-0.4, -0.2) is 32.8 Å². The van der Waals surface area contributed by atoms with E-state index in [1.54, 1.807) is 29.4 Å². The molecule has 2 aromatic rings. The molecule has 3 N–H and O–H groups in total. The molecule has 1 saturated carbocycles. The lowest BCUT2D eigenvalue weighted by molar-refractivity contribution is 0.0926. The highest BCUT2D eigenvalue weighted by molar-refractivity contribution is 6.33. The van der Waals surface area contributed by atoms with Crippen molar-refractivity contribution in [2.24, 2.45) is 5.73 Å². The largest absolute Gasteiger partial charge is 0.349 e. The van der Waals surface area contributed by atoms with Gasteiger partial charge >= 0.3 is 0 Å². The summed E-state index contributed by atoms with van der Waals surface area (Å²) in [6.07, 6.45) is 6.87. The van der Waals surface area contributed by atoms with Crippen LogP contribution in [-0.2, 0) is 0 Å². The van der Waals surface area contributed by atoms with Crippen molar-refractivity contribution in [1.82, 2.24) is 20.1 Å². The summed E-state index contributed by atoms with van der Waals surface area (Å²) in [7, 11) is 0. The van der Waals surface area contributed by atoms with Crippen molar-refractivity contribution in [2.45, 2.75) is 37.8 Å². The average Bonchev–Trinajstić information content (AvgIpc) is 3.04. The molecule has 0 aliphatic heterocycles. The van der Waals surface area contributed by atoms with Crippen molar-refractivity contribution in [2.75, 3.05) is 0 Å². The predicted octanol–water partition coefficient (Wildman–Crippen LogP) is 1.92. The number of hydrogen-bond donors (Lipinski definition) is 2. The number of halogens is 1. The molecule has 1 aliphatic carbocycles. The Hall–Kier alpha value is -1.92. The molecule has 3 rings (SSSR count). The van der Waals surface area contributed by atoms with Gasteiger partial charge in [-0.3, -0.25) is 9.36 Å². The molecule has 116 valence electrons. The first-order valence-electron chi connectivity index (χ1n) is 7.34. The Morgan fingerprint density at radius 1 is 1.23 bits per heavy atom. The van der Waals surface area contributed by atoms with Crippen LogP contribution in [0.15, 0.2) is 30.9 Å². The molecular weight excluding hydrogens is 302 g/mol. The smallest absolute Gasteiger partial charge is 0.253 e. The van der Waals surface area contributed by atoms with Gasteiger partial charge in [-0.2, -0.15) is 0 Å². The van der Waals surface area contributed by atoms with E-state index in [4.69, 9.17) is 17.3 Å². The molecule has 0 atom stereocenters. The number of carbonyl (C=O) groups excluding carboxylic acids is 1. The second-order valence-electron chi connectivity index (χ2n) is 5.62. The van der Waals surface area contributed by atoms with Crippen molar-refractivity contribution in [1.29, 1.82) is 0 Å². The fourth-order valence-corrected chi connectivity index (χ4v) is 2.91. The van der Waals surface area contributed by atoms with E-state index in [9.17, 15) is 4.79 Å². The van der Waals surface area contributed by atoms with Crippen molar-refractivity contribution < 1.29 is 4.79 Å². The van der Waals surface area contributed by atoms with Crippen molar-refractivity contribution in [3.8, 4) is 5.69 Å². The number of hydrogen-bond acceptors (Lipinski definition) is 4. The summed E-state index contributed by atoms with van der Waals surface area (Å²) in [4.78, 5) is 12.5. The third-order valence-electron chi connectivity index (χ3n) is 4.02. The molecule has 1 heterocycles. The summed E-state index contributed by atoms with van der Waals surface area (Å²) < 4.78 is 1.73. The number of nitrogens with zero attached hydrogens (tertiary/aromatic N) is 3. The van der Waals surface area contributed by atoms with Gasteiger partial charge in [-0.05, 0) is 43.9 Å². The first kappa shape index (κ1) is 15.0. The van der Waals surface area contributed by atoms with Crippen LogP contribution in [0.1, 0.15) is 36.0 Å². The molecule has 1 fully saturated rings. The zero-order valence-electron chi connectivity index (χ0n) is 12.1. The van der Waals surface area contributed by atoms with Crippen LogP contribution in [0.2, 0.25) is 5.02 Å². The van der Waals surface area contributed by atoms with Crippen LogP contribution in [0.3, 0.4) is 0 Å². The quantitative estimate of drug-likeness (QED) is 0.905. The van der Waals surface area contributed by atoms with E-state index in [0.29, 0.717) is 10.6 Å². The first-order valence-corrected chi connectivity index (χ1v) is 7.72. The van der Waals surface area contributed by atoms with Gasteiger partial charge in [0, 0.05) is 17.8 Å². The number of carbonyl (C=O) groups is 1. The number of aromatic nitrogens is 3. The first-order chi connectivity index (χ1) is 10.6. The van der Waals surface area contributed by atoms with Crippen LogP contribution in [0, 0.1) is 0 Å². The maximum Gasteiger partial charge on any atom is 0.253 e. The Labute approximate surface area is 133 Å². The normalized spacial score (nSPS) is 21.5. The van der Waals surface area contributed by atoms with Crippen LogP contribution in [0.25, 0.3) is 5.69 Å². The SMILES string of the molecule is NC1CCC(NC(=O)c2cc(-n3cnnc3)ccc2Cl)CC1. The minimum Gasteiger partial charge on any atom is -0.349 e. The second-order valence-corrected chi connectivity index (χ2v) is 6.03. The van der Waals surface area contributed by atoms with E-state index >= 15 is 0 Å². The highest BCUT2D eigenvalue weighted by Crippen LogP contribution is 2.22. The minimum atomic E-state index is -0.152. The lowest BCUT2D eigenvalue weighted by Gasteiger charge is -2.27. The van der Waals surface area contributed by atoms with E-state index in [1.807, 2.05) is 6.07 Å². The predicted molar refractivity (Wildman–Crippen MR) is 84.1 cm³/mol. The number of benzene rings is 1. The molecule has 1 amide bonds. The molecule has 1 aromatic carbocycles. The van der Waals surface area contributed by atoms with Crippen LogP contribution in [0.5, 0.6) is 0 Å². The summed E-state index contributed by atoms with van der Waals surface area (Å²) in [5, 5.41) is 11.0. The second kappa shape index (κ2) is 6.46. The molecular formula is C15H18ClN5O. The Balaban J connectivity index is 1.75. The standard InChI is InChI=1S/C15H18ClN5O/c16-14-6-5-12(21-8-18-19-9-21)7-13(14)15(22)20-11-3-1-10(17)2-4-11/h5-11H,1-4,17H2,(H,20,22). The number of amides is 1. The van der Waals surface area contributed by atoms with Gasteiger partial charge in [0.1, 0.15) is 12.7 Å². The molecule has 0 unspecified atom stereocenters. The van der Waals surface area contributed by atoms with E-state index in [2.05, 4.69) is 15.5 Å². The van der Waals surface area contributed by atoms with E-state index < -0.39 is 0 Å². The maximum atomic E-state index is 12.5. The maximum absolute atomic E-state index is 12.5. The monoisotopic (exact) mass is 319 g/mol. The average molecular weight is 320 g/mol. The third-order valence-corrected chi connectivity index (χ3v) is 4.35. The number of nitrogens with one attached hydrogen (secondary N) is 1. The Morgan fingerprint density at radius 3 is 2.59 bits per heavy atom. The van der Waals surface area contributed by atoms with Crippen LogP contribution < -0.4 is 11.1 Å². The summed E-state index contributed by atoms with van der Waals surface area (Å²) in [5.41, 5.74) is 7.15. The van der Waals surface area contributed by atoms with Crippen LogP contribution in [0.4, 0.5) is 0 Å². The summed E-state index contributed by atoms with van der Waals surface area (Å²) in [5.74, 6) is -0.152. The van der Waals surface area contributed by atoms with Gasteiger partial charge < -0.3 is 11.1 Å². The van der Waals surface area contributed by atoms with Crippen molar-refractivity contribution in [3.05, 3.63) is 41.4 Å². The van der Waals surface area contributed by atoms with Crippen molar-refractivity contribution >= 4 is 17.5 Å². The zero-order valence-corrected chi connectivity index (χ0v) is 12.8. The topological polar surface area (TPSA) is 85.8 Å². The van der Waals surface area contributed by atoms with Gasteiger partial charge in [0.25, 0.3) is 5.91 Å². The number of nitrogens with two attached hydrogens (primary N) is 1. The summed E-state index contributed by atoms with van der Waals surface area (Å²) in [6, 6.07) is 5.70. The van der Waals surface area contributed by atoms with E-state index in [1.165, 1.54) is 0 Å². The van der Waals surface area contributed by atoms with Gasteiger partial charge in [-0.1, -0.05) is 11.6 Å². The lowest BCUT2D eigenvalue weighted by atomic mass is 9.91. The Bertz CT molecular complexity index is 650. The Morgan fingerprint density at radius 2 is 1.91 bits per heavy atom. The molecule has 1 aliphatic rings. The highest BCUT2D eigenvalue weighted by Gasteiger charge is 2.21. The van der Waals surface area contributed by atoms with Gasteiger partial charge in [-0.25, -0.2) is 0 Å². The Kier molecular flexibility index (Phi) is 4.40. The van der Waals surface area contributed by atoms with Gasteiger partial charge in [0.05, 0.1) is 10.6 Å². The molecule has 0 bridgehead atoms. The molecule has 1 aromatic heterocycles. The molecule has 0 radical (unpaired) electrons. The third kappa shape index (κ3) is 3.28. The number of rotatable bonds is 3. The van der Waals surface area contributed by atoms with Crippen LogP contribution >= 0.6 is 11.6 Å². The van der Waals surface area contributed by atoms with Gasteiger partial charge in [0.15, 0.2) is 0 Å². The zero-order chi connectivity index (χ0) is 15.5. The van der Waals surface area contributed by atoms with E-state index in [0.717, 1.165) is 31.4 Å². The molecule has 0 spiro atoms. The summed E-state index contributed by atoms with van der Waals surface area (Å²) in [6.45, 7) is 0. The van der Waals surface area contributed by atoms with Gasteiger partial charge in [0.2, 0.25) is 0 Å². The molecule has 6 nitrogen and oxygen atoms in total. The van der Waals surface area contributed by atoms with Gasteiger partial charge in [-0.15, -0.1) is 10.2 Å². The van der Waals surface area contributed by atoms with Crippen molar-refractivity contribution in [3.63, 3.8) is 0 Å². The molecule has 22 heavy (non-hydrogen) atoms. The lowest BCUT2D eigenvalue weighted by Crippen LogP contribution is -2.40. The fraction of sp³-hybridized carbons (Fsp3) is 0.400. The van der Waals surface area contributed by atoms with E-state index in [-0.39, 0.29) is 18.0 Å². The summed E-state index contributed by atoms with van der Waals surface area (Å²) >= 11 is 6.17.